The maximum atomic E-state index is 3.61. The Morgan fingerprint density at radius 1 is 1.20 bits per heavy atom. The molecule has 2 heteroatoms. The lowest BCUT2D eigenvalue weighted by atomic mass is 10.1. The molecule has 1 saturated carbocycles. The first-order chi connectivity index (χ1) is 7.36. The highest BCUT2D eigenvalue weighted by Crippen LogP contribution is 2.35. The molecule has 1 atom stereocenters. The standard InChI is InChI=1S/C13H26N2/c1-12(13-5-6-13)11-14-7-10-15-8-3-2-4-9-15/h12-14H,2-11H2,1H3. The van der Waals surface area contributed by atoms with Crippen LogP contribution in [0.5, 0.6) is 0 Å². The molecule has 1 N–H and O–H groups in total. The summed E-state index contributed by atoms with van der Waals surface area (Å²) in [5, 5.41) is 3.61. The third-order valence-corrected chi connectivity index (χ3v) is 3.95. The third-order valence-electron chi connectivity index (χ3n) is 3.95. The fourth-order valence-corrected chi connectivity index (χ4v) is 2.58. The minimum Gasteiger partial charge on any atom is -0.315 e. The van der Waals surface area contributed by atoms with Crippen LogP contribution < -0.4 is 5.32 Å². The van der Waals surface area contributed by atoms with E-state index in [2.05, 4.69) is 17.1 Å². The Morgan fingerprint density at radius 2 is 1.93 bits per heavy atom. The van der Waals surface area contributed by atoms with Gasteiger partial charge in [0, 0.05) is 13.1 Å². The van der Waals surface area contributed by atoms with Crippen molar-refractivity contribution in [2.24, 2.45) is 11.8 Å². The van der Waals surface area contributed by atoms with Gasteiger partial charge in [-0.25, -0.2) is 0 Å². The van der Waals surface area contributed by atoms with E-state index in [4.69, 9.17) is 0 Å². The molecule has 0 aromatic rings. The molecule has 1 heterocycles. The van der Waals surface area contributed by atoms with Gasteiger partial charge in [-0.15, -0.1) is 0 Å². The molecular weight excluding hydrogens is 184 g/mol. The van der Waals surface area contributed by atoms with Crippen LogP contribution in [0.1, 0.15) is 39.0 Å². The highest BCUT2D eigenvalue weighted by Gasteiger charge is 2.27. The number of hydrogen-bond acceptors (Lipinski definition) is 2. The number of nitrogens with zero attached hydrogens (tertiary/aromatic N) is 1. The Bertz CT molecular complexity index is 171. The number of hydrogen-bond donors (Lipinski definition) is 1. The quantitative estimate of drug-likeness (QED) is 0.676. The molecule has 0 spiro atoms. The zero-order chi connectivity index (χ0) is 10.5. The van der Waals surface area contributed by atoms with E-state index in [0.717, 1.165) is 11.8 Å². The van der Waals surface area contributed by atoms with Crippen LogP contribution in [0.3, 0.4) is 0 Å². The molecule has 0 radical (unpaired) electrons. The van der Waals surface area contributed by atoms with Gasteiger partial charge < -0.3 is 10.2 Å². The summed E-state index contributed by atoms with van der Waals surface area (Å²) in [6.07, 6.45) is 7.24. The molecule has 0 aromatic carbocycles. The average Bonchev–Trinajstić information content (AvgIpc) is 3.09. The van der Waals surface area contributed by atoms with Gasteiger partial charge >= 0.3 is 0 Å². The molecule has 1 aliphatic carbocycles. The van der Waals surface area contributed by atoms with Crippen molar-refractivity contribution in [2.75, 3.05) is 32.7 Å². The van der Waals surface area contributed by atoms with Crippen molar-refractivity contribution in [2.45, 2.75) is 39.0 Å². The summed E-state index contributed by atoms with van der Waals surface area (Å²) in [6, 6.07) is 0. The average molecular weight is 210 g/mol. The Labute approximate surface area is 94.4 Å². The lowest BCUT2D eigenvalue weighted by Crippen LogP contribution is -2.37. The minimum atomic E-state index is 0.909. The number of likely N-dealkylation sites (tertiary alicyclic amines) is 1. The highest BCUT2D eigenvalue weighted by molar-refractivity contribution is 4.79. The molecule has 2 nitrogen and oxygen atoms in total. The third kappa shape index (κ3) is 4.12. The van der Waals surface area contributed by atoms with Crippen LogP contribution in [-0.4, -0.2) is 37.6 Å². The smallest absolute Gasteiger partial charge is 0.0107 e. The van der Waals surface area contributed by atoms with Crippen molar-refractivity contribution in [3.05, 3.63) is 0 Å². The van der Waals surface area contributed by atoms with Crippen molar-refractivity contribution >= 4 is 0 Å². The van der Waals surface area contributed by atoms with Crippen molar-refractivity contribution < 1.29 is 0 Å². The fourth-order valence-electron chi connectivity index (χ4n) is 2.58. The summed E-state index contributed by atoms with van der Waals surface area (Å²) in [6.45, 7) is 8.75. The van der Waals surface area contributed by atoms with E-state index in [9.17, 15) is 0 Å². The Morgan fingerprint density at radius 3 is 2.60 bits per heavy atom. The molecule has 2 aliphatic rings. The fraction of sp³-hybridized carbons (Fsp3) is 1.00. The SMILES string of the molecule is CC(CNCCN1CCCCC1)C1CC1. The van der Waals surface area contributed by atoms with Gasteiger partial charge in [0.2, 0.25) is 0 Å². The van der Waals surface area contributed by atoms with Crippen LogP contribution in [0.2, 0.25) is 0 Å². The van der Waals surface area contributed by atoms with E-state index >= 15 is 0 Å². The second-order valence-electron chi connectivity index (χ2n) is 5.42. The van der Waals surface area contributed by atoms with Gasteiger partial charge in [0.15, 0.2) is 0 Å². The predicted molar refractivity (Wildman–Crippen MR) is 65.0 cm³/mol. The summed E-state index contributed by atoms with van der Waals surface area (Å²) in [7, 11) is 0. The predicted octanol–water partition coefficient (Wildman–Crippen LogP) is 2.11. The molecule has 0 bridgehead atoms. The van der Waals surface area contributed by atoms with E-state index < -0.39 is 0 Å². The molecule has 1 unspecified atom stereocenters. The van der Waals surface area contributed by atoms with Crippen LogP contribution in [-0.2, 0) is 0 Å². The van der Waals surface area contributed by atoms with Crippen molar-refractivity contribution in [1.82, 2.24) is 10.2 Å². The molecule has 88 valence electrons. The maximum absolute atomic E-state index is 3.61. The molecule has 2 fully saturated rings. The first-order valence-electron chi connectivity index (χ1n) is 6.79. The summed E-state index contributed by atoms with van der Waals surface area (Å²) in [4.78, 5) is 2.61. The van der Waals surface area contributed by atoms with E-state index in [1.807, 2.05) is 0 Å². The second kappa shape index (κ2) is 5.86. The van der Waals surface area contributed by atoms with Gasteiger partial charge in [-0.1, -0.05) is 13.3 Å². The first kappa shape index (κ1) is 11.4. The van der Waals surface area contributed by atoms with E-state index in [1.54, 1.807) is 0 Å². The second-order valence-corrected chi connectivity index (χ2v) is 5.42. The summed E-state index contributed by atoms with van der Waals surface area (Å²) < 4.78 is 0. The van der Waals surface area contributed by atoms with Crippen LogP contribution in [0.25, 0.3) is 0 Å². The lowest BCUT2D eigenvalue weighted by Gasteiger charge is -2.26. The number of piperidine rings is 1. The molecular formula is C13H26N2. The van der Waals surface area contributed by atoms with Gasteiger partial charge in [-0.3, -0.25) is 0 Å². The first-order valence-corrected chi connectivity index (χ1v) is 6.79. The number of rotatable bonds is 6. The highest BCUT2D eigenvalue weighted by atomic mass is 15.1. The van der Waals surface area contributed by atoms with Crippen molar-refractivity contribution in [3.8, 4) is 0 Å². The molecule has 0 aromatic heterocycles. The Hall–Kier alpha value is -0.0800. The summed E-state index contributed by atoms with van der Waals surface area (Å²) in [5.41, 5.74) is 0. The van der Waals surface area contributed by atoms with Crippen LogP contribution in [0.15, 0.2) is 0 Å². The van der Waals surface area contributed by atoms with Gasteiger partial charge in [-0.2, -0.15) is 0 Å². The van der Waals surface area contributed by atoms with E-state index in [1.165, 1.54) is 64.8 Å². The molecule has 15 heavy (non-hydrogen) atoms. The van der Waals surface area contributed by atoms with Crippen LogP contribution in [0, 0.1) is 11.8 Å². The monoisotopic (exact) mass is 210 g/mol. The number of nitrogens with one attached hydrogen (secondary N) is 1. The topological polar surface area (TPSA) is 15.3 Å². The summed E-state index contributed by atoms with van der Waals surface area (Å²) in [5.74, 6) is 1.96. The van der Waals surface area contributed by atoms with Gasteiger partial charge in [-0.05, 0) is 57.2 Å². The lowest BCUT2D eigenvalue weighted by molar-refractivity contribution is 0.227. The van der Waals surface area contributed by atoms with Crippen molar-refractivity contribution in [1.29, 1.82) is 0 Å². The van der Waals surface area contributed by atoms with Crippen LogP contribution >= 0.6 is 0 Å². The van der Waals surface area contributed by atoms with E-state index in [-0.39, 0.29) is 0 Å². The molecule has 0 amide bonds. The molecule has 2 rings (SSSR count). The normalized spacial score (nSPS) is 25.4. The van der Waals surface area contributed by atoms with Crippen LogP contribution in [0.4, 0.5) is 0 Å². The van der Waals surface area contributed by atoms with Gasteiger partial charge in [0.05, 0.1) is 0 Å². The summed E-state index contributed by atoms with van der Waals surface area (Å²) >= 11 is 0. The van der Waals surface area contributed by atoms with Crippen molar-refractivity contribution in [3.63, 3.8) is 0 Å². The Kier molecular flexibility index (Phi) is 4.45. The zero-order valence-corrected chi connectivity index (χ0v) is 10.2. The zero-order valence-electron chi connectivity index (χ0n) is 10.2. The molecule has 1 saturated heterocycles. The van der Waals surface area contributed by atoms with Gasteiger partial charge in [0.1, 0.15) is 0 Å². The minimum absolute atomic E-state index is 0.909. The molecule has 1 aliphatic heterocycles. The Balaban J connectivity index is 1.46. The van der Waals surface area contributed by atoms with Gasteiger partial charge in [0.25, 0.3) is 0 Å². The van der Waals surface area contributed by atoms with E-state index in [0.29, 0.717) is 0 Å². The largest absolute Gasteiger partial charge is 0.315 e. The maximum Gasteiger partial charge on any atom is 0.0107 e.